The van der Waals surface area contributed by atoms with Gasteiger partial charge in [-0.2, -0.15) is 0 Å². The van der Waals surface area contributed by atoms with Gasteiger partial charge in [0.15, 0.2) is 11.5 Å². The topological polar surface area (TPSA) is 41.9 Å². The summed E-state index contributed by atoms with van der Waals surface area (Å²) in [5.41, 5.74) is 1.56. The lowest BCUT2D eigenvalue weighted by Gasteiger charge is -2.44. The minimum absolute atomic E-state index is 0.271. The molecule has 2 unspecified atom stereocenters. The molecule has 0 spiro atoms. The number of ether oxygens (including phenoxy) is 2. The van der Waals surface area contributed by atoms with Crippen LogP contribution in [0.5, 0.6) is 11.5 Å². The summed E-state index contributed by atoms with van der Waals surface area (Å²) in [6.07, 6.45) is 3.92. The van der Waals surface area contributed by atoms with Crippen LogP contribution in [-0.4, -0.2) is 28.9 Å². The molecule has 2 saturated heterocycles. The van der Waals surface area contributed by atoms with Crippen LogP contribution in [0.25, 0.3) is 0 Å². The van der Waals surface area contributed by atoms with Crippen LogP contribution in [0.2, 0.25) is 0 Å². The minimum atomic E-state index is -0.764. The van der Waals surface area contributed by atoms with Crippen LogP contribution in [0.4, 0.5) is 0 Å². The van der Waals surface area contributed by atoms with Gasteiger partial charge in [-0.1, -0.05) is 36.4 Å². The second kappa shape index (κ2) is 5.75. The summed E-state index contributed by atoms with van der Waals surface area (Å²) in [7, 11) is 0. The first-order valence-corrected chi connectivity index (χ1v) is 9.13. The van der Waals surface area contributed by atoms with E-state index in [4.69, 9.17) is 9.47 Å². The molecule has 3 aliphatic heterocycles. The van der Waals surface area contributed by atoms with Crippen molar-refractivity contribution in [1.29, 1.82) is 0 Å². The first-order chi connectivity index (χ1) is 12.2. The molecule has 2 aromatic rings. The first kappa shape index (κ1) is 15.2. The van der Waals surface area contributed by atoms with E-state index in [1.165, 1.54) is 18.4 Å². The Morgan fingerprint density at radius 1 is 0.960 bits per heavy atom. The van der Waals surface area contributed by atoms with Crippen molar-refractivity contribution in [2.75, 3.05) is 6.79 Å². The second-order valence-corrected chi connectivity index (χ2v) is 7.55. The van der Waals surface area contributed by atoms with Crippen LogP contribution in [0.1, 0.15) is 36.8 Å². The molecule has 0 aromatic heterocycles. The Hall–Kier alpha value is -2.04. The van der Waals surface area contributed by atoms with Gasteiger partial charge in [-0.05, 0) is 48.9 Å². The molecule has 4 heteroatoms. The second-order valence-electron chi connectivity index (χ2n) is 7.55. The van der Waals surface area contributed by atoms with Crippen molar-refractivity contribution >= 4 is 0 Å². The van der Waals surface area contributed by atoms with E-state index in [0.29, 0.717) is 12.1 Å². The van der Waals surface area contributed by atoms with Crippen molar-refractivity contribution in [1.82, 2.24) is 4.90 Å². The van der Waals surface area contributed by atoms with Crippen LogP contribution >= 0.6 is 0 Å². The molecule has 2 bridgehead atoms. The predicted molar refractivity (Wildman–Crippen MR) is 94.5 cm³/mol. The van der Waals surface area contributed by atoms with Crippen molar-refractivity contribution in [3.05, 3.63) is 59.7 Å². The van der Waals surface area contributed by atoms with E-state index in [0.717, 1.165) is 36.4 Å². The molecular formula is C21H23NO3. The summed E-state index contributed by atoms with van der Waals surface area (Å²) in [5.74, 6) is 1.53. The molecule has 130 valence electrons. The highest BCUT2D eigenvalue weighted by atomic mass is 16.7. The van der Waals surface area contributed by atoms with E-state index < -0.39 is 5.60 Å². The largest absolute Gasteiger partial charge is 0.454 e. The molecule has 2 atom stereocenters. The lowest BCUT2D eigenvalue weighted by Crippen LogP contribution is -2.49. The highest BCUT2D eigenvalue weighted by Gasteiger charge is 2.48. The van der Waals surface area contributed by atoms with Crippen LogP contribution in [-0.2, 0) is 12.1 Å². The molecule has 1 N–H and O–H groups in total. The Kier molecular flexibility index (Phi) is 3.50. The van der Waals surface area contributed by atoms with Gasteiger partial charge >= 0.3 is 0 Å². The van der Waals surface area contributed by atoms with Gasteiger partial charge in [0.1, 0.15) is 0 Å². The standard InChI is InChI=1S/C21H23NO3/c23-21(16-6-9-19-20(10-16)25-14-24-19)11-17-7-8-18(12-21)22(17)13-15-4-2-1-3-5-15/h1-6,9-10,17-18,23H,7-8,11-14H2. The molecule has 0 aliphatic carbocycles. The summed E-state index contributed by atoms with van der Waals surface area (Å²) in [6, 6.07) is 17.4. The average Bonchev–Trinajstić information content (AvgIpc) is 3.19. The van der Waals surface area contributed by atoms with Gasteiger partial charge in [-0.3, -0.25) is 4.90 Å². The van der Waals surface area contributed by atoms with Crippen LogP contribution in [0.15, 0.2) is 48.5 Å². The Morgan fingerprint density at radius 2 is 1.68 bits per heavy atom. The fraction of sp³-hybridized carbons (Fsp3) is 0.429. The SMILES string of the molecule is OC1(c2ccc3c(c2)OCO3)CC2CCC(C1)N2Cc1ccccc1. The lowest BCUT2D eigenvalue weighted by atomic mass is 9.80. The predicted octanol–water partition coefficient (Wildman–Crippen LogP) is 3.43. The van der Waals surface area contributed by atoms with Crippen LogP contribution < -0.4 is 9.47 Å². The normalized spacial score (nSPS) is 30.6. The smallest absolute Gasteiger partial charge is 0.231 e. The molecule has 2 aromatic carbocycles. The number of nitrogens with zero attached hydrogens (tertiary/aromatic N) is 1. The third-order valence-corrected chi connectivity index (χ3v) is 6.04. The van der Waals surface area contributed by atoms with E-state index in [2.05, 4.69) is 35.2 Å². The number of aliphatic hydroxyl groups is 1. The highest BCUT2D eigenvalue weighted by molar-refractivity contribution is 5.46. The first-order valence-electron chi connectivity index (χ1n) is 9.13. The van der Waals surface area contributed by atoms with Gasteiger partial charge in [0.2, 0.25) is 6.79 Å². The number of piperidine rings is 1. The lowest BCUT2D eigenvalue weighted by molar-refractivity contribution is -0.0595. The minimum Gasteiger partial charge on any atom is -0.454 e. The van der Waals surface area contributed by atoms with E-state index in [-0.39, 0.29) is 6.79 Å². The molecule has 2 fully saturated rings. The van der Waals surface area contributed by atoms with E-state index in [1.54, 1.807) is 0 Å². The van der Waals surface area contributed by atoms with E-state index in [9.17, 15) is 5.11 Å². The molecule has 25 heavy (non-hydrogen) atoms. The highest BCUT2D eigenvalue weighted by Crippen LogP contribution is 2.47. The number of rotatable bonds is 3. The Balaban J connectivity index is 1.38. The zero-order valence-corrected chi connectivity index (χ0v) is 14.2. The third-order valence-electron chi connectivity index (χ3n) is 6.04. The van der Waals surface area contributed by atoms with Crippen LogP contribution in [0, 0.1) is 0 Å². The van der Waals surface area contributed by atoms with E-state index >= 15 is 0 Å². The average molecular weight is 337 g/mol. The number of hydrogen-bond acceptors (Lipinski definition) is 4. The van der Waals surface area contributed by atoms with Gasteiger partial charge in [-0.15, -0.1) is 0 Å². The number of hydrogen-bond donors (Lipinski definition) is 1. The molecule has 0 radical (unpaired) electrons. The maximum atomic E-state index is 11.4. The van der Waals surface area contributed by atoms with E-state index in [1.807, 2.05) is 18.2 Å². The molecule has 4 nitrogen and oxygen atoms in total. The number of benzene rings is 2. The Labute approximate surface area is 148 Å². The molecule has 3 heterocycles. The van der Waals surface area contributed by atoms with Crippen LogP contribution in [0.3, 0.4) is 0 Å². The van der Waals surface area contributed by atoms with Gasteiger partial charge in [0, 0.05) is 18.6 Å². The third kappa shape index (κ3) is 2.60. The quantitative estimate of drug-likeness (QED) is 0.932. The molecule has 0 amide bonds. The summed E-state index contributed by atoms with van der Waals surface area (Å²) in [6.45, 7) is 1.25. The zero-order chi connectivity index (χ0) is 16.9. The van der Waals surface area contributed by atoms with Gasteiger partial charge in [-0.25, -0.2) is 0 Å². The van der Waals surface area contributed by atoms with Crippen molar-refractivity contribution < 1.29 is 14.6 Å². The fourth-order valence-corrected chi connectivity index (χ4v) is 4.79. The molecule has 3 aliphatic rings. The number of fused-ring (bicyclic) bond motifs is 3. The van der Waals surface area contributed by atoms with Crippen molar-refractivity contribution in [2.45, 2.75) is 49.9 Å². The van der Waals surface area contributed by atoms with Gasteiger partial charge in [0.05, 0.1) is 5.60 Å². The zero-order valence-electron chi connectivity index (χ0n) is 14.2. The summed E-state index contributed by atoms with van der Waals surface area (Å²) in [5, 5.41) is 11.4. The molecule has 0 saturated carbocycles. The maximum Gasteiger partial charge on any atom is 0.231 e. The monoisotopic (exact) mass is 337 g/mol. The van der Waals surface area contributed by atoms with Gasteiger partial charge in [0.25, 0.3) is 0 Å². The van der Waals surface area contributed by atoms with Crippen molar-refractivity contribution in [3.8, 4) is 11.5 Å². The summed E-state index contributed by atoms with van der Waals surface area (Å²) >= 11 is 0. The molecular weight excluding hydrogens is 314 g/mol. The molecule has 5 rings (SSSR count). The fourth-order valence-electron chi connectivity index (χ4n) is 4.79. The Bertz CT molecular complexity index is 762. The summed E-state index contributed by atoms with van der Waals surface area (Å²) < 4.78 is 10.9. The summed E-state index contributed by atoms with van der Waals surface area (Å²) in [4.78, 5) is 2.59. The maximum absolute atomic E-state index is 11.4. The van der Waals surface area contributed by atoms with Gasteiger partial charge < -0.3 is 14.6 Å². The Morgan fingerprint density at radius 3 is 2.44 bits per heavy atom. The van der Waals surface area contributed by atoms with Crippen molar-refractivity contribution in [2.24, 2.45) is 0 Å². The van der Waals surface area contributed by atoms with Crippen molar-refractivity contribution in [3.63, 3.8) is 0 Å².